The van der Waals surface area contributed by atoms with Gasteiger partial charge in [-0.3, -0.25) is 0 Å². The lowest BCUT2D eigenvalue weighted by Crippen LogP contribution is -2.38. The fraction of sp³-hybridized carbons (Fsp3) is 0.462. The Balaban J connectivity index is 2.44. The number of hydrogen-bond acceptors (Lipinski definition) is 2. The summed E-state index contributed by atoms with van der Waals surface area (Å²) >= 11 is 0. The molecule has 4 nitrogen and oxygen atoms in total. The van der Waals surface area contributed by atoms with Crippen molar-refractivity contribution in [1.82, 2.24) is 10.2 Å². The summed E-state index contributed by atoms with van der Waals surface area (Å²) in [7, 11) is 0. The van der Waals surface area contributed by atoms with Crippen LogP contribution in [0.25, 0.3) is 0 Å². The van der Waals surface area contributed by atoms with Crippen LogP contribution in [0.2, 0.25) is 0 Å². The van der Waals surface area contributed by atoms with Crippen LogP contribution < -0.4 is 5.32 Å². The maximum Gasteiger partial charge on any atom is 0.321 e. The number of amides is 2. The summed E-state index contributed by atoms with van der Waals surface area (Å²) in [6.07, 6.45) is 6.98. The Morgan fingerprint density at radius 1 is 1.29 bits per heavy atom. The van der Waals surface area contributed by atoms with E-state index in [0.717, 1.165) is 26.1 Å². The van der Waals surface area contributed by atoms with Crippen LogP contribution in [0, 0.1) is 0 Å². The lowest BCUT2D eigenvalue weighted by Gasteiger charge is -2.20. The Kier molecular flexibility index (Phi) is 6.10. The molecule has 0 saturated carbocycles. The van der Waals surface area contributed by atoms with Crippen molar-refractivity contribution in [2.24, 2.45) is 0 Å². The van der Waals surface area contributed by atoms with E-state index >= 15 is 0 Å². The van der Waals surface area contributed by atoms with Gasteiger partial charge in [0.25, 0.3) is 0 Å². The van der Waals surface area contributed by atoms with Crippen LogP contribution in [0.4, 0.5) is 4.79 Å². The fourth-order valence-corrected chi connectivity index (χ4v) is 1.59. The Labute approximate surface area is 103 Å². The molecule has 0 aromatic rings. The fourth-order valence-electron chi connectivity index (χ4n) is 1.59. The van der Waals surface area contributed by atoms with Crippen LogP contribution in [-0.2, 0) is 4.74 Å². The third kappa shape index (κ3) is 4.87. The topological polar surface area (TPSA) is 41.6 Å². The number of hydrogen-bond donors (Lipinski definition) is 1. The number of carbonyl (C=O) groups excluding carboxylic acids is 1. The third-order valence-corrected chi connectivity index (χ3v) is 2.52. The van der Waals surface area contributed by atoms with Gasteiger partial charge in [0, 0.05) is 19.3 Å². The molecule has 1 aliphatic rings. The Bertz CT molecular complexity index is 293. The number of rotatable bonds is 5. The normalized spacial score (nSPS) is 14.9. The van der Waals surface area contributed by atoms with Crippen molar-refractivity contribution < 1.29 is 9.53 Å². The van der Waals surface area contributed by atoms with Gasteiger partial charge in [0.15, 0.2) is 0 Å². The molecular formula is C13H20N2O2. The molecular weight excluding hydrogens is 216 g/mol. The van der Waals surface area contributed by atoms with Crippen LogP contribution in [0.3, 0.4) is 0 Å². The zero-order valence-electron chi connectivity index (χ0n) is 10.2. The van der Waals surface area contributed by atoms with Crippen LogP contribution >= 0.6 is 0 Å². The summed E-state index contributed by atoms with van der Waals surface area (Å²) in [4.78, 5) is 13.4. The maximum absolute atomic E-state index is 11.8. The monoisotopic (exact) mass is 236 g/mol. The van der Waals surface area contributed by atoms with Gasteiger partial charge in [-0.1, -0.05) is 12.2 Å². The van der Waals surface area contributed by atoms with E-state index in [-0.39, 0.29) is 6.03 Å². The molecule has 0 spiro atoms. The number of nitrogens with zero attached hydrogens (tertiary/aromatic N) is 1. The predicted octanol–water partition coefficient (Wildman–Crippen LogP) is 2.06. The Morgan fingerprint density at radius 2 is 1.88 bits per heavy atom. The summed E-state index contributed by atoms with van der Waals surface area (Å²) in [5, 5.41) is 2.80. The molecule has 0 aromatic carbocycles. The largest absolute Gasteiger partial charge is 0.381 e. The molecule has 0 bridgehead atoms. The van der Waals surface area contributed by atoms with Gasteiger partial charge < -0.3 is 15.0 Å². The van der Waals surface area contributed by atoms with Gasteiger partial charge >= 0.3 is 6.03 Å². The van der Waals surface area contributed by atoms with E-state index < -0.39 is 0 Å². The minimum atomic E-state index is -0.121. The number of urea groups is 1. The molecule has 2 amide bonds. The second-order valence-electron chi connectivity index (χ2n) is 3.85. The standard InChI is InChI=1S/C13H20N2O2/c1-3-7-15(8-4-2)13(16)14-11-12-5-9-17-10-6-12/h3-4,11H,1-2,5-10H2,(H,14,16). The second kappa shape index (κ2) is 7.68. The summed E-state index contributed by atoms with van der Waals surface area (Å²) < 4.78 is 5.24. The van der Waals surface area contributed by atoms with Crippen molar-refractivity contribution in [3.05, 3.63) is 37.1 Å². The van der Waals surface area contributed by atoms with Crippen molar-refractivity contribution in [3.63, 3.8) is 0 Å². The summed E-state index contributed by atoms with van der Waals surface area (Å²) in [5.74, 6) is 0. The minimum Gasteiger partial charge on any atom is -0.381 e. The molecule has 1 fully saturated rings. The van der Waals surface area contributed by atoms with Crippen molar-refractivity contribution in [2.75, 3.05) is 26.3 Å². The first-order valence-electron chi connectivity index (χ1n) is 5.80. The van der Waals surface area contributed by atoms with Gasteiger partial charge in [-0.25, -0.2) is 4.79 Å². The zero-order valence-corrected chi connectivity index (χ0v) is 10.2. The molecule has 0 unspecified atom stereocenters. The van der Waals surface area contributed by atoms with Crippen molar-refractivity contribution in [3.8, 4) is 0 Å². The van der Waals surface area contributed by atoms with Gasteiger partial charge in [-0.15, -0.1) is 13.2 Å². The van der Waals surface area contributed by atoms with Gasteiger partial charge in [-0.05, 0) is 18.4 Å². The summed E-state index contributed by atoms with van der Waals surface area (Å²) in [6, 6.07) is -0.121. The average Bonchev–Trinajstić information content (AvgIpc) is 2.37. The van der Waals surface area contributed by atoms with Gasteiger partial charge in [-0.2, -0.15) is 0 Å². The van der Waals surface area contributed by atoms with E-state index in [1.54, 1.807) is 23.3 Å². The Hall–Kier alpha value is -1.55. The highest BCUT2D eigenvalue weighted by atomic mass is 16.5. The Morgan fingerprint density at radius 3 is 2.41 bits per heavy atom. The van der Waals surface area contributed by atoms with Gasteiger partial charge in [0.1, 0.15) is 0 Å². The quantitative estimate of drug-likeness (QED) is 0.742. The van der Waals surface area contributed by atoms with E-state index in [0.29, 0.717) is 13.1 Å². The highest BCUT2D eigenvalue weighted by Crippen LogP contribution is 2.11. The molecule has 0 aromatic heterocycles. The summed E-state index contributed by atoms with van der Waals surface area (Å²) in [6.45, 7) is 9.77. The first-order chi connectivity index (χ1) is 8.27. The van der Waals surface area contributed by atoms with Crippen molar-refractivity contribution in [2.45, 2.75) is 12.8 Å². The van der Waals surface area contributed by atoms with Crippen molar-refractivity contribution >= 4 is 6.03 Å². The molecule has 1 heterocycles. The molecule has 0 radical (unpaired) electrons. The van der Waals surface area contributed by atoms with E-state index in [2.05, 4.69) is 18.5 Å². The van der Waals surface area contributed by atoms with Crippen LogP contribution in [0.15, 0.2) is 37.1 Å². The molecule has 1 N–H and O–H groups in total. The van der Waals surface area contributed by atoms with Gasteiger partial charge in [0.2, 0.25) is 0 Å². The molecule has 0 aliphatic carbocycles. The number of ether oxygens (including phenoxy) is 1. The van der Waals surface area contributed by atoms with Gasteiger partial charge in [0.05, 0.1) is 13.2 Å². The SMILES string of the molecule is C=CCN(CC=C)C(=O)NC=C1CCOCC1. The highest BCUT2D eigenvalue weighted by molar-refractivity contribution is 5.75. The van der Waals surface area contributed by atoms with E-state index in [1.165, 1.54) is 5.57 Å². The van der Waals surface area contributed by atoms with Crippen LogP contribution in [0.1, 0.15) is 12.8 Å². The highest BCUT2D eigenvalue weighted by Gasteiger charge is 2.10. The summed E-state index contributed by atoms with van der Waals surface area (Å²) in [5.41, 5.74) is 1.22. The number of carbonyl (C=O) groups is 1. The molecule has 17 heavy (non-hydrogen) atoms. The predicted molar refractivity (Wildman–Crippen MR) is 68.6 cm³/mol. The first-order valence-corrected chi connectivity index (χ1v) is 5.80. The minimum absolute atomic E-state index is 0.121. The maximum atomic E-state index is 11.8. The lowest BCUT2D eigenvalue weighted by molar-refractivity contribution is 0.119. The molecule has 1 rings (SSSR count). The van der Waals surface area contributed by atoms with E-state index in [1.807, 2.05) is 0 Å². The number of nitrogens with one attached hydrogen (secondary N) is 1. The van der Waals surface area contributed by atoms with Crippen LogP contribution in [0.5, 0.6) is 0 Å². The molecule has 4 heteroatoms. The van der Waals surface area contributed by atoms with Crippen molar-refractivity contribution in [1.29, 1.82) is 0 Å². The first kappa shape index (κ1) is 13.5. The third-order valence-electron chi connectivity index (χ3n) is 2.52. The molecule has 1 aliphatic heterocycles. The zero-order chi connectivity index (χ0) is 12.5. The average molecular weight is 236 g/mol. The molecule has 0 atom stereocenters. The van der Waals surface area contributed by atoms with E-state index in [9.17, 15) is 4.79 Å². The van der Waals surface area contributed by atoms with E-state index in [4.69, 9.17) is 4.74 Å². The smallest absolute Gasteiger partial charge is 0.321 e. The van der Waals surface area contributed by atoms with Crippen LogP contribution in [-0.4, -0.2) is 37.2 Å². The molecule has 94 valence electrons. The molecule has 1 saturated heterocycles. The second-order valence-corrected chi connectivity index (χ2v) is 3.85. The lowest BCUT2D eigenvalue weighted by atomic mass is 10.1.